The Labute approximate surface area is 83.3 Å². The summed E-state index contributed by atoms with van der Waals surface area (Å²) >= 11 is 0. The smallest absolute Gasteiger partial charge is 0.139 e. The summed E-state index contributed by atoms with van der Waals surface area (Å²) in [6.07, 6.45) is 5.09. The van der Waals surface area contributed by atoms with Gasteiger partial charge in [0.1, 0.15) is 11.8 Å². The fraction of sp³-hybridized carbons (Fsp3) is 0.455. The van der Waals surface area contributed by atoms with Crippen LogP contribution < -0.4 is 4.74 Å². The van der Waals surface area contributed by atoms with Gasteiger partial charge in [0, 0.05) is 6.07 Å². The molecule has 0 radical (unpaired) electrons. The zero-order valence-corrected chi connectivity index (χ0v) is 8.16. The van der Waals surface area contributed by atoms with Crippen molar-refractivity contribution in [2.45, 2.75) is 32.3 Å². The maximum atomic E-state index is 8.88. The van der Waals surface area contributed by atoms with Crippen LogP contribution in [0.15, 0.2) is 12.3 Å². The van der Waals surface area contributed by atoms with Crippen molar-refractivity contribution in [3.05, 3.63) is 23.5 Å². The number of nitriles is 1. The number of hydrogen-bond donors (Lipinski definition) is 0. The molecule has 1 fully saturated rings. The number of ether oxygens (including phenoxy) is 1. The molecule has 72 valence electrons. The van der Waals surface area contributed by atoms with Crippen molar-refractivity contribution >= 4 is 0 Å². The molecule has 0 aromatic carbocycles. The van der Waals surface area contributed by atoms with Crippen molar-refractivity contribution in [2.75, 3.05) is 0 Å². The number of nitrogens with zero attached hydrogens (tertiary/aromatic N) is 2. The molecule has 0 bridgehead atoms. The van der Waals surface area contributed by atoms with Crippen molar-refractivity contribution in [1.82, 2.24) is 4.98 Å². The Morgan fingerprint density at radius 2 is 2.43 bits per heavy atom. The summed E-state index contributed by atoms with van der Waals surface area (Å²) in [5.74, 6) is 0.723. The molecule has 0 N–H and O–H groups in total. The van der Waals surface area contributed by atoms with Crippen molar-refractivity contribution in [3.63, 3.8) is 0 Å². The van der Waals surface area contributed by atoms with Crippen molar-refractivity contribution in [1.29, 1.82) is 5.26 Å². The second-order valence-electron chi connectivity index (χ2n) is 3.45. The van der Waals surface area contributed by atoms with E-state index in [1.54, 1.807) is 12.3 Å². The lowest BCUT2D eigenvalue weighted by Crippen LogP contribution is -1.99. The number of pyridine rings is 1. The van der Waals surface area contributed by atoms with Crippen LogP contribution in [0, 0.1) is 11.3 Å². The van der Waals surface area contributed by atoms with Crippen LogP contribution in [-0.2, 0) is 6.42 Å². The Balaban J connectivity index is 2.22. The van der Waals surface area contributed by atoms with E-state index < -0.39 is 0 Å². The Bertz CT molecular complexity index is 377. The van der Waals surface area contributed by atoms with Gasteiger partial charge in [-0.15, -0.1) is 0 Å². The lowest BCUT2D eigenvalue weighted by atomic mass is 10.2. The van der Waals surface area contributed by atoms with Crippen LogP contribution in [-0.4, -0.2) is 11.1 Å². The van der Waals surface area contributed by atoms with Gasteiger partial charge in [-0.05, 0) is 19.3 Å². The molecule has 0 amide bonds. The van der Waals surface area contributed by atoms with E-state index in [1.165, 1.54) is 0 Å². The minimum Gasteiger partial charge on any atom is -0.489 e. The predicted octanol–water partition coefficient (Wildman–Crippen LogP) is 2.06. The van der Waals surface area contributed by atoms with E-state index in [0.717, 1.165) is 30.7 Å². The van der Waals surface area contributed by atoms with Crippen LogP contribution in [0.3, 0.4) is 0 Å². The van der Waals surface area contributed by atoms with Crippen molar-refractivity contribution in [3.8, 4) is 11.8 Å². The number of aryl methyl sites for hydroxylation is 1. The Morgan fingerprint density at radius 3 is 3.00 bits per heavy atom. The Hall–Kier alpha value is -1.56. The highest BCUT2D eigenvalue weighted by molar-refractivity contribution is 5.38. The highest BCUT2D eigenvalue weighted by atomic mass is 16.5. The molecule has 1 aromatic heterocycles. The fourth-order valence-corrected chi connectivity index (χ4v) is 1.30. The van der Waals surface area contributed by atoms with Gasteiger partial charge in [-0.2, -0.15) is 5.26 Å². The van der Waals surface area contributed by atoms with E-state index in [4.69, 9.17) is 10.00 Å². The monoisotopic (exact) mass is 188 g/mol. The predicted molar refractivity (Wildman–Crippen MR) is 52.0 cm³/mol. The molecule has 1 aromatic rings. The van der Waals surface area contributed by atoms with Crippen molar-refractivity contribution in [2.24, 2.45) is 0 Å². The zero-order chi connectivity index (χ0) is 9.97. The third kappa shape index (κ3) is 1.85. The van der Waals surface area contributed by atoms with Crippen LogP contribution >= 0.6 is 0 Å². The lowest BCUT2D eigenvalue weighted by molar-refractivity contribution is 0.301. The molecule has 0 spiro atoms. The van der Waals surface area contributed by atoms with Gasteiger partial charge in [0.05, 0.1) is 23.6 Å². The van der Waals surface area contributed by atoms with Crippen LogP contribution in [0.1, 0.15) is 31.0 Å². The van der Waals surface area contributed by atoms with Gasteiger partial charge in [-0.1, -0.05) is 6.92 Å². The molecule has 2 rings (SSSR count). The maximum absolute atomic E-state index is 8.88. The highest BCUT2D eigenvalue weighted by Gasteiger charge is 2.23. The molecule has 0 unspecified atom stereocenters. The SMILES string of the molecule is CCc1ncc(OC2CC2)cc1C#N. The average molecular weight is 188 g/mol. The topological polar surface area (TPSA) is 45.9 Å². The van der Waals surface area contributed by atoms with Gasteiger partial charge in [0.2, 0.25) is 0 Å². The van der Waals surface area contributed by atoms with Crippen LogP contribution in [0.5, 0.6) is 5.75 Å². The first-order valence-corrected chi connectivity index (χ1v) is 4.89. The number of hydrogen-bond acceptors (Lipinski definition) is 3. The standard InChI is InChI=1S/C11H12N2O/c1-2-11-8(6-12)5-10(7-13-11)14-9-3-4-9/h5,7,9H,2-4H2,1H3. The Kier molecular flexibility index (Phi) is 2.36. The molecule has 1 heterocycles. The molecular formula is C11H12N2O. The third-order valence-corrected chi connectivity index (χ3v) is 2.23. The van der Waals surface area contributed by atoms with E-state index in [-0.39, 0.29) is 0 Å². The number of aromatic nitrogens is 1. The van der Waals surface area contributed by atoms with Crippen LogP contribution in [0.2, 0.25) is 0 Å². The van der Waals surface area contributed by atoms with E-state index in [2.05, 4.69) is 11.1 Å². The minimum absolute atomic E-state index is 0.357. The molecule has 1 aliphatic carbocycles. The summed E-state index contributed by atoms with van der Waals surface area (Å²) in [6, 6.07) is 3.92. The van der Waals surface area contributed by atoms with Crippen LogP contribution in [0.25, 0.3) is 0 Å². The van der Waals surface area contributed by atoms with Gasteiger partial charge in [-0.25, -0.2) is 0 Å². The molecule has 0 aliphatic heterocycles. The summed E-state index contributed by atoms with van der Waals surface area (Å²) in [5, 5.41) is 8.88. The minimum atomic E-state index is 0.357. The quantitative estimate of drug-likeness (QED) is 0.729. The summed E-state index contributed by atoms with van der Waals surface area (Å²) in [5.41, 5.74) is 1.47. The van der Waals surface area contributed by atoms with Crippen molar-refractivity contribution < 1.29 is 4.74 Å². The summed E-state index contributed by atoms with van der Waals surface area (Å²) in [6.45, 7) is 1.99. The lowest BCUT2D eigenvalue weighted by Gasteiger charge is -2.05. The normalized spacial score (nSPS) is 14.9. The number of rotatable bonds is 3. The first-order valence-electron chi connectivity index (χ1n) is 4.89. The first kappa shape index (κ1) is 9.01. The molecule has 0 saturated heterocycles. The van der Waals surface area contributed by atoms with Gasteiger partial charge in [0.15, 0.2) is 0 Å². The van der Waals surface area contributed by atoms with E-state index >= 15 is 0 Å². The summed E-state index contributed by atoms with van der Waals surface area (Å²) in [4.78, 5) is 4.20. The fourth-order valence-electron chi connectivity index (χ4n) is 1.30. The maximum Gasteiger partial charge on any atom is 0.139 e. The first-order chi connectivity index (χ1) is 6.83. The summed E-state index contributed by atoms with van der Waals surface area (Å²) in [7, 11) is 0. The average Bonchev–Trinajstić information content (AvgIpc) is 3.01. The van der Waals surface area contributed by atoms with E-state index in [1.807, 2.05) is 6.92 Å². The summed E-state index contributed by atoms with van der Waals surface area (Å²) < 4.78 is 5.55. The highest BCUT2D eigenvalue weighted by Crippen LogP contribution is 2.27. The molecule has 3 nitrogen and oxygen atoms in total. The third-order valence-electron chi connectivity index (χ3n) is 2.23. The molecule has 1 saturated carbocycles. The van der Waals surface area contributed by atoms with Crippen LogP contribution in [0.4, 0.5) is 0 Å². The van der Waals surface area contributed by atoms with E-state index in [0.29, 0.717) is 11.7 Å². The largest absolute Gasteiger partial charge is 0.489 e. The second kappa shape index (κ2) is 3.67. The van der Waals surface area contributed by atoms with Gasteiger partial charge >= 0.3 is 0 Å². The van der Waals surface area contributed by atoms with Gasteiger partial charge in [0.25, 0.3) is 0 Å². The molecule has 1 aliphatic rings. The van der Waals surface area contributed by atoms with Gasteiger partial charge in [-0.3, -0.25) is 4.98 Å². The zero-order valence-electron chi connectivity index (χ0n) is 8.16. The van der Waals surface area contributed by atoms with E-state index in [9.17, 15) is 0 Å². The molecule has 3 heteroatoms. The second-order valence-corrected chi connectivity index (χ2v) is 3.45. The molecular weight excluding hydrogens is 176 g/mol. The van der Waals surface area contributed by atoms with Gasteiger partial charge < -0.3 is 4.74 Å². The Morgan fingerprint density at radius 1 is 1.64 bits per heavy atom. The molecule has 14 heavy (non-hydrogen) atoms. The molecule has 0 atom stereocenters.